The molecule has 1 aromatic rings. The number of nitrogens with two attached hydrogens (primary N) is 2. The van der Waals surface area contributed by atoms with Crippen LogP contribution >= 0.6 is 0 Å². The number of carboxylic acids is 1. The molecule has 4 unspecified atom stereocenters. The molecule has 32 heavy (non-hydrogen) atoms. The summed E-state index contributed by atoms with van der Waals surface area (Å²) in [6.45, 7) is -1.08. The number of aliphatic hydroxyl groups excluding tert-OH is 2. The maximum absolute atomic E-state index is 12.7. The quantitative estimate of drug-likeness (QED) is 0.115. The normalized spacial score (nSPS) is 14.6. The lowest BCUT2D eigenvalue weighted by molar-refractivity contribution is -0.142. The van der Waals surface area contributed by atoms with Gasteiger partial charge >= 0.3 is 5.97 Å². The number of unbranched alkanes of at least 4 members (excludes halogenated alkanes) is 1. The zero-order valence-corrected chi connectivity index (χ0v) is 17.5. The number of nitrogens with zero attached hydrogens (tertiary/aromatic N) is 1. The zero-order valence-electron chi connectivity index (χ0n) is 17.5. The molecule has 3 amide bonds. The lowest BCUT2D eigenvalue weighted by Gasteiger charge is -2.24. The molecule has 11 N–H and O–H groups in total. The van der Waals surface area contributed by atoms with Gasteiger partial charge in [0.2, 0.25) is 17.7 Å². The van der Waals surface area contributed by atoms with Gasteiger partial charge in [0.05, 0.1) is 19.5 Å². The standard InChI is InChI=1S/C18H31N7O7/c19-4-2-1-3-12(18(31)32)23-17(30)14(8-27)25-16(29)13(5-10-6-21-9-22-10)24-15(28)11(20)7-26/h6,9,11-14,26-27H,1-5,7-8,19-20H2,(H,21,22)(H,23,30)(H,24,28)(H,25,29)(H,31,32). The summed E-state index contributed by atoms with van der Waals surface area (Å²) < 4.78 is 0. The second-order valence-electron chi connectivity index (χ2n) is 7.06. The Bertz CT molecular complexity index is 744. The summed E-state index contributed by atoms with van der Waals surface area (Å²) in [6, 6.07) is -5.18. The fraction of sp³-hybridized carbons (Fsp3) is 0.611. The van der Waals surface area contributed by atoms with Gasteiger partial charge in [-0.05, 0) is 25.8 Å². The van der Waals surface area contributed by atoms with Gasteiger partial charge in [0, 0.05) is 18.3 Å². The average molecular weight is 457 g/mol. The van der Waals surface area contributed by atoms with Gasteiger partial charge in [-0.3, -0.25) is 14.4 Å². The minimum absolute atomic E-state index is 0.0493. The Morgan fingerprint density at radius 2 is 1.59 bits per heavy atom. The van der Waals surface area contributed by atoms with E-state index in [-0.39, 0.29) is 12.8 Å². The topological polar surface area (TPSA) is 246 Å². The van der Waals surface area contributed by atoms with Crippen molar-refractivity contribution in [1.82, 2.24) is 25.9 Å². The molecule has 1 rings (SSSR count). The highest BCUT2D eigenvalue weighted by Gasteiger charge is 2.30. The molecule has 0 bridgehead atoms. The van der Waals surface area contributed by atoms with Gasteiger partial charge in [-0.25, -0.2) is 9.78 Å². The molecule has 1 heterocycles. The molecular weight excluding hydrogens is 426 g/mol. The first-order valence-corrected chi connectivity index (χ1v) is 10.0. The van der Waals surface area contributed by atoms with Crippen LogP contribution in [-0.4, -0.2) is 92.9 Å². The SMILES string of the molecule is NCCCCC(NC(=O)C(CO)NC(=O)C(Cc1cnc[nH]1)NC(=O)C(N)CO)C(=O)O. The summed E-state index contributed by atoms with van der Waals surface area (Å²) in [5.41, 5.74) is 11.3. The predicted molar refractivity (Wildman–Crippen MR) is 111 cm³/mol. The van der Waals surface area contributed by atoms with Crippen molar-refractivity contribution in [3.8, 4) is 0 Å². The van der Waals surface area contributed by atoms with Crippen LogP contribution in [-0.2, 0) is 25.6 Å². The Kier molecular flexibility index (Phi) is 11.9. The molecule has 14 heteroatoms. The highest BCUT2D eigenvalue weighted by atomic mass is 16.4. The molecule has 0 spiro atoms. The number of nitrogens with one attached hydrogen (secondary N) is 4. The Hall–Kier alpha value is -3.07. The van der Waals surface area contributed by atoms with Crippen LogP contribution in [0.5, 0.6) is 0 Å². The highest BCUT2D eigenvalue weighted by molar-refractivity contribution is 5.94. The molecule has 0 fully saturated rings. The average Bonchev–Trinajstić information content (AvgIpc) is 3.28. The first-order valence-electron chi connectivity index (χ1n) is 10.0. The van der Waals surface area contributed by atoms with E-state index in [9.17, 15) is 29.4 Å². The van der Waals surface area contributed by atoms with Crippen molar-refractivity contribution >= 4 is 23.7 Å². The van der Waals surface area contributed by atoms with Crippen molar-refractivity contribution in [1.29, 1.82) is 0 Å². The fourth-order valence-corrected chi connectivity index (χ4v) is 2.68. The van der Waals surface area contributed by atoms with E-state index in [1.807, 2.05) is 0 Å². The van der Waals surface area contributed by atoms with E-state index in [0.717, 1.165) is 0 Å². The van der Waals surface area contributed by atoms with Crippen molar-refractivity contribution in [2.24, 2.45) is 11.5 Å². The first-order chi connectivity index (χ1) is 15.2. The molecule has 0 saturated carbocycles. The van der Waals surface area contributed by atoms with E-state index in [2.05, 4.69) is 25.9 Å². The van der Waals surface area contributed by atoms with Gasteiger partial charge < -0.3 is 47.7 Å². The zero-order chi connectivity index (χ0) is 24.1. The van der Waals surface area contributed by atoms with E-state index in [0.29, 0.717) is 25.1 Å². The third-order valence-electron chi connectivity index (χ3n) is 4.52. The largest absolute Gasteiger partial charge is 0.480 e. The van der Waals surface area contributed by atoms with Crippen LogP contribution in [0.4, 0.5) is 0 Å². The van der Waals surface area contributed by atoms with Gasteiger partial charge in [-0.2, -0.15) is 0 Å². The molecule has 0 aliphatic heterocycles. The van der Waals surface area contributed by atoms with Crippen molar-refractivity contribution < 1.29 is 34.5 Å². The third kappa shape index (κ3) is 8.97. The van der Waals surface area contributed by atoms with Crippen LogP contribution in [0.15, 0.2) is 12.5 Å². The highest BCUT2D eigenvalue weighted by Crippen LogP contribution is 2.03. The summed E-state index contributed by atoms with van der Waals surface area (Å²) in [6.07, 6.45) is 3.91. The minimum atomic E-state index is -1.47. The van der Waals surface area contributed by atoms with E-state index in [1.165, 1.54) is 12.5 Å². The van der Waals surface area contributed by atoms with Crippen LogP contribution in [0.1, 0.15) is 25.0 Å². The Morgan fingerprint density at radius 1 is 0.969 bits per heavy atom. The number of aromatic amines is 1. The summed E-state index contributed by atoms with van der Waals surface area (Å²) in [4.78, 5) is 55.2. The lowest BCUT2D eigenvalue weighted by atomic mass is 10.1. The number of hydrogen-bond acceptors (Lipinski definition) is 9. The van der Waals surface area contributed by atoms with Crippen molar-refractivity contribution in [3.63, 3.8) is 0 Å². The molecular formula is C18H31N7O7. The van der Waals surface area contributed by atoms with Crippen LogP contribution in [0, 0.1) is 0 Å². The Morgan fingerprint density at radius 3 is 2.12 bits per heavy atom. The summed E-state index contributed by atoms with van der Waals surface area (Å²) in [5.74, 6) is -3.80. The maximum Gasteiger partial charge on any atom is 0.326 e. The van der Waals surface area contributed by atoms with Crippen molar-refractivity contribution in [2.75, 3.05) is 19.8 Å². The number of H-pyrrole nitrogens is 1. The third-order valence-corrected chi connectivity index (χ3v) is 4.52. The molecule has 1 aromatic heterocycles. The fourth-order valence-electron chi connectivity index (χ4n) is 2.68. The number of carbonyl (C=O) groups excluding carboxylic acids is 3. The number of carboxylic acid groups (broad SMARTS) is 1. The number of aliphatic carboxylic acids is 1. The van der Waals surface area contributed by atoms with Crippen LogP contribution in [0.25, 0.3) is 0 Å². The summed E-state index contributed by atoms with van der Waals surface area (Å²) >= 11 is 0. The number of amides is 3. The molecule has 0 aliphatic carbocycles. The molecule has 0 aliphatic rings. The summed E-state index contributed by atoms with van der Waals surface area (Å²) in [7, 11) is 0. The van der Waals surface area contributed by atoms with E-state index in [1.54, 1.807) is 0 Å². The number of aliphatic hydroxyl groups is 2. The van der Waals surface area contributed by atoms with Crippen molar-refractivity contribution in [2.45, 2.75) is 49.9 Å². The number of imidazole rings is 1. The second-order valence-corrected chi connectivity index (χ2v) is 7.06. The Balaban J connectivity index is 2.85. The number of hydrogen-bond donors (Lipinski definition) is 9. The van der Waals surface area contributed by atoms with E-state index < -0.39 is 61.1 Å². The van der Waals surface area contributed by atoms with E-state index >= 15 is 0 Å². The van der Waals surface area contributed by atoms with Gasteiger partial charge in [-0.1, -0.05) is 0 Å². The van der Waals surface area contributed by atoms with Crippen molar-refractivity contribution in [3.05, 3.63) is 18.2 Å². The number of rotatable bonds is 15. The number of aromatic nitrogens is 2. The minimum Gasteiger partial charge on any atom is -0.480 e. The molecule has 180 valence electrons. The van der Waals surface area contributed by atoms with E-state index in [4.69, 9.17) is 16.6 Å². The van der Waals surface area contributed by atoms with Crippen LogP contribution in [0.3, 0.4) is 0 Å². The molecule has 14 nitrogen and oxygen atoms in total. The maximum atomic E-state index is 12.7. The number of carbonyl (C=O) groups is 4. The van der Waals surface area contributed by atoms with Gasteiger partial charge in [-0.15, -0.1) is 0 Å². The summed E-state index contributed by atoms with van der Waals surface area (Å²) in [5, 5.41) is 34.8. The second kappa shape index (κ2) is 14.1. The molecule has 4 atom stereocenters. The van der Waals surface area contributed by atoms with Gasteiger partial charge in [0.15, 0.2) is 0 Å². The van der Waals surface area contributed by atoms with Crippen LogP contribution in [0.2, 0.25) is 0 Å². The Labute approximate surface area is 184 Å². The predicted octanol–water partition coefficient (Wildman–Crippen LogP) is -4.07. The molecule has 0 radical (unpaired) electrons. The van der Waals surface area contributed by atoms with Gasteiger partial charge in [0.1, 0.15) is 24.2 Å². The lowest BCUT2D eigenvalue weighted by Crippen LogP contribution is -2.58. The molecule has 0 saturated heterocycles. The molecule has 0 aromatic carbocycles. The first kappa shape index (κ1) is 27.0. The van der Waals surface area contributed by atoms with Gasteiger partial charge in [0.25, 0.3) is 0 Å². The van der Waals surface area contributed by atoms with Crippen LogP contribution < -0.4 is 27.4 Å². The monoisotopic (exact) mass is 457 g/mol. The smallest absolute Gasteiger partial charge is 0.326 e.